The molecule has 0 saturated heterocycles. The Morgan fingerprint density at radius 2 is 2.17 bits per heavy atom. The van der Waals surface area contributed by atoms with E-state index in [9.17, 15) is 4.79 Å². The minimum atomic E-state index is -0.450. The molecule has 0 aliphatic rings. The summed E-state index contributed by atoms with van der Waals surface area (Å²) < 4.78 is 0. The van der Waals surface area contributed by atoms with Gasteiger partial charge in [-0.2, -0.15) is 0 Å². The SMILES string of the molecule is C=C(C)CNC(N)=NCc1cccc(C(N)=O)c1. The van der Waals surface area contributed by atoms with E-state index in [0.717, 1.165) is 11.1 Å². The fourth-order valence-electron chi connectivity index (χ4n) is 1.30. The van der Waals surface area contributed by atoms with Gasteiger partial charge in [0.1, 0.15) is 0 Å². The number of carbonyl (C=O) groups excluding carboxylic acids is 1. The molecule has 96 valence electrons. The lowest BCUT2D eigenvalue weighted by molar-refractivity contribution is 0.1000. The summed E-state index contributed by atoms with van der Waals surface area (Å²) in [5.41, 5.74) is 13.2. The molecule has 18 heavy (non-hydrogen) atoms. The third-order valence-electron chi connectivity index (χ3n) is 2.21. The fraction of sp³-hybridized carbons (Fsp3) is 0.231. The van der Waals surface area contributed by atoms with Crippen molar-refractivity contribution in [3.63, 3.8) is 0 Å². The molecule has 0 heterocycles. The molecule has 0 unspecified atom stereocenters. The van der Waals surface area contributed by atoms with Crippen LogP contribution >= 0.6 is 0 Å². The number of amides is 1. The maximum Gasteiger partial charge on any atom is 0.248 e. The highest BCUT2D eigenvalue weighted by Gasteiger charge is 2.00. The first kappa shape index (κ1) is 13.8. The van der Waals surface area contributed by atoms with Gasteiger partial charge in [-0.05, 0) is 24.6 Å². The summed E-state index contributed by atoms with van der Waals surface area (Å²) in [6.07, 6.45) is 0. The van der Waals surface area contributed by atoms with Gasteiger partial charge in [0.15, 0.2) is 5.96 Å². The predicted molar refractivity (Wildman–Crippen MR) is 73.1 cm³/mol. The molecule has 1 amide bonds. The summed E-state index contributed by atoms with van der Waals surface area (Å²) >= 11 is 0. The standard InChI is InChI=1S/C13H18N4O/c1-9(2)7-16-13(15)17-8-10-4-3-5-11(6-10)12(14)18/h3-6H,1,7-8H2,2H3,(H2,14,18)(H3,15,16,17). The van der Waals surface area contributed by atoms with Crippen molar-refractivity contribution in [1.29, 1.82) is 0 Å². The number of nitrogens with zero attached hydrogens (tertiary/aromatic N) is 1. The zero-order valence-electron chi connectivity index (χ0n) is 10.4. The molecule has 0 radical (unpaired) electrons. The number of aliphatic imine (C=N–C) groups is 1. The monoisotopic (exact) mass is 246 g/mol. The van der Waals surface area contributed by atoms with Gasteiger partial charge >= 0.3 is 0 Å². The second-order valence-electron chi connectivity index (χ2n) is 4.08. The minimum Gasteiger partial charge on any atom is -0.370 e. The number of guanidine groups is 1. The Kier molecular flexibility index (Phi) is 4.92. The minimum absolute atomic E-state index is 0.350. The van der Waals surface area contributed by atoms with Crippen molar-refractivity contribution >= 4 is 11.9 Å². The highest BCUT2D eigenvalue weighted by molar-refractivity contribution is 5.92. The van der Waals surface area contributed by atoms with E-state index in [-0.39, 0.29) is 0 Å². The van der Waals surface area contributed by atoms with Crippen molar-refractivity contribution in [3.05, 3.63) is 47.5 Å². The van der Waals surface area contributed by atoms with Gasteiger partial charge in [0.25, 0.3) is 0 Å². The first-order valence-corrected chi connectivity index (χ1v) is 5.56. The lowest BCUT2D eigenvalue weighted by Crippen LogP contribution is -2.32. The van der Waals surface area contributed by atoms with E-state index in [0.29, 0.717) is 24.6 Å². The van der Waals surface area contributed by atoms with Crippen LogP contribution in [0.4, 0.5) is 0 Å². The summed E-state index contributed by atoms with van der Waals surface area (Å²) in [5.74, 6) is -0.100. The number of hydrogen-bond donors (Lipinski definition) is 3. The van der Waals surface area contributed by atoms with E-state index in [1.54, 1.807) is 18.2 Å². The number of benzene rings is 1. The summed E-state index contributed by atoms with van der Waals surface area (Å²) in [5, 5.41) is 2.93. The van der Waals surface area contributed by atoms with Crippen molar-refractivity contribution in [2.24, 2.45) is 16.5 Å². The highest BCUT2D eigenvalue weighted by atomic mass is 16.1. The first-order chi connectivity index (χ1) is 8.49. The van der Waals surface area contributed by atoms with Crippen molar-refractivity contribution in [1.82, 2.24) is 5.32 Å². The smallest absolute Gasteiger partial charge is 0.248 e. The lowest BCUT2D eigenvalue weighted by Gasteiger charge is -2.05. The number of rotatable bonds is 5. The summed E-state index contributed by atoms with van der Waals surface area (Å²) in [6.45, 7) is 6.64. The molecule has 1 rings (SSSR count). The molecule has 5 heteroatoms. The molecule has 0 fully saturated rings. The normalized spacial score (nSPS) is 11.1. The Labute approximate surface area is 107 Å². The lowest BCUT2D eigenvalue weighted by atomic mass is 10.1. The van der Waals surface area contributed by atoms with Crippen LogP contribution in [0.1, 0.15) is 22.8 Å². The van der Waals surface area contributed by atoms with Gasteiger partial charge in [-0.25, -0.2) is 4.99 Å². The molecule has 0 bridgehead atoms. The summed E-state index contributed by atoms with van der Waals surface area (Å²) in [6, 6.07) is 7.00. The molecule has 0 aliphatic carbocycles. The summed E-state index contributed by atoms with van der Waals surface area (Å²) in [7, 11) is 0. The molecule has 1 aromatic carbocycles. The maximum atomic E-state index is 11.0. The van der Waals surface area contributed by atoms with Crippen LogP contribution in [0.25, 0.3) is 0 Å². The number of hydrogen-bond acceptors (Lipinski definition) is 2. The largest absolute Gasteiger partial charge is 0.370 e. The predicted octanol–water partition coefficient (Wildman–Crippen LogP) is 0.766. The topological polar surface area (TPSA) is 93.5 Å². The number of primary amides is 1. The van der Waals surface area contributed by atoms with Crippen LogP contribution in [-0.2, 0) is 6.54 Å². The average molecular weight is 246 g/mol. The van der Waals surface area contributed by atoms with Gasteiger partial charge in [-0.1, -0.05) is 24.3 Å². The highest BCUT2D eigenvalue weighted by Crippen LogP contribution is 2.05. The van der Waals surface area contributed by atoms with Crippen LogP contribution in [-0.4, -0.2) is 18.4 Å². The molecule has 5 nitrogen and oxygen atoms in total. The van der Waals surface area contributed by atoms with Crippen LogP contribution in [0.2, 0.25) is 0 Å². The molecule has 0 aliphatic heterocycles. The Hall–Kier alpha value is -2.30. The molecule has 0 spiro atoms. The van der Waals surface area contributed by atoms with Crippen molar-refractivity contribution in [2.75, 3.05) is 6.54 Å². The Morgan fingerprint density at radius 3 is 2.78 bits per heavy atom. The van der Waals surface area contributed by atoms with E-state index in [2.05, 4.69) is 16.9 Å². The second-order valence-corrected chi connectivity index (χ2v) is 4.08. The molecule has 5 N–H and O–H groups in total. The van der Waals surface area contributed by atoms with Crippen molar-refractivity contribution in [3.8, 4) is 0 Å². The van der Waals surface area contributed by atoms with Crippen molar-refractivity contribution in [2.45, 2.75) is 13.5 Å². The number of nitrogens with one attached hydrogen (secondary N) is 1. The Bertz CT molecular complexity index is 480. The molecule has 1 aromatic rings. The van der Waals surface area contributed by atoms with Crippen LogP contribution < -0.4 is 16.8 Å². The van der Waals surface area contributed by atoms with Gasteiger partial charge in [0.2, 0.25) is 5.91 Å². The van der Waals surface area contributed by atoms with Gasteiger partial charge in [-0.15, -0.1) is 0 Å². The molecular formula is C13H18N4O. The Morgan fingerprint density at radius 1 is 1.44 bits per heavy atom. The Balaban J connectivity index is 2.62. The van der Waals surface area contributed by atoms with E-state index < -0.39 is 5.91 Å². The average Bonchev–Trinajstić information content (AvgIpc) is 2.34. The third kappa shape index (κ3) is 4.69. The number of carbonyl (C=O) groups is 1. The molecule has 0 atom stereocenters. The van der Waals surface area contributed by atoms with Crippen molar-refractivity contribution < 1.29 is 4.79 Å². The van der Waals surface area contributed by atoms with E-state index in [1.807, 2.05) is 13.0 Å². The van der Waals surface area contributed by atoms with Gasteiger partial charge < -0.3 is 16.8 Å². The fourth-order valence-corrected chi connectivity index (χ4v) is 1.30. The van der Waals surface area contributed by atoms with Crippen LogP contribution in [0.3, 0.4) is 0 Å². The van der Waals surface area contributed by atoms with Gasteiger partial charge in [0.05, 0.1) is 6.54 Å². The zero-order chi connectivity index (χ0) is 13.5. The first-order valence-electron chi connectivity index (χ1n) is 5.56. The maximum absolute atomic E-state index is 11.0. The van der Waals surface area contributed by atoms with Crippen LogP contribution in [0.15, 0.2) is 41.4 Å². The number of nitrogens with two attached hydrogens (primary N) is 2. The van der Waals surface area contributed by atoms with Crippen LogP contribution in [0.5, 0.6) is 0 Å². The zero-order valence-corrected chi connectivity index (χ0v) is 10.4. The summed E-state index contributed by atoms with van der Waals surface area (Å²) in [4.78, 5) is 15.2. The second kappa shape index (κ2) is 6.44. The van der Waals surface area contributed by atoms with Gasteiger partial charge in [0, 0.05) is 12.1 Å². The molecule has 0 aromatic heterocycles. The quantitative estimate of drug-likeness (QED) is 0.407. The van der Waals surface area contributed by atoms with E-state index in [4.69, 9.17) is 11.5 Å². The molecule has 0 saturated carbocycles. The third-order valence-corrected chi connectivity index (χ3v) is 2.21. The van der Waals surface area contributed by atoms with E-state index in [1.165, 1.54) is 0 Å². The van der Waals surface area contributed by atoms with Crippen LogP contribution in [0, 0.1) is 0 Å². The van der Waals surface area contributed by atoms with E-state index >= 15 is 0 Å². The molecular weight excluding hydrogens is 228 g/mol. The van der Waals surface area contributed by atoms with Gasteiger partial charge in [-0.3, -0.25) is 4.79 Å².